The van der Waals surface area contributed by atoms with Gasteiger partial charge < -0.3 is 10.4 Å². The van der Waals surface area contributed by atoms with Gasteiger partial charge >= 0.3 is 5.97 Å². The summed E-state index contributed by atoms with van der Waals surface area (Å²) in [6, 6.07) is 4.05. The maximum Gasteiger partial charge on any atom is 0.306 e. The van der Waals surface area contributed by atoms with Gasteiger partial charge in [0.2, 0.25) is 5.91 Å². The molecule has 2 rings (SSSR count). The number of amides is 1. The van der Waals surface area contributed by atoms with E-state index in [-0.39, 0.29) is 23.8 Å². The van der Waals surface area contributed by atoms with Gasteiger partial charge in [-0.15, -0.1) is 11.3 Å². The molecule has 1 aliphatic carbocycles. The van der Waals surface area contributed by atoms with Crippen molar-refractivity contribution in [2.75, 3.05) is 0 Å². The molecule has 3 unspecified atom stereocenters. The summed E-state index contributed by atoms with van der Waals surface area (Å²) >= 11 is 1.64. The number of carboxylic acid groups (broad SMARTS) is 1. The van der Waals surface area contributed by atoms with Crippen LogP contribution in [0.5, 0.6) is 0 Å². The van der Waals surface area contributed by atoms with Crippen molar-refractivity contribution in [2.45, 2.75) is 38.6 Å². The van der Waals surface area contributed by atoms with Crippen molar-refractivity contribution in [1.29, 1.82) is 0 Å². The summed E-state index contributed by atoms with van der Waals surface area (Å²) < 4.78 is 0. The van der Waals surface area contributed by atoms with Gasteiger partial charge in [-0.05, 0) is 37.1 Å². The maximum absolute atomic E-state index is 12.2. The topological polar surface area (TPSA) is 66.4 Å². The molecule has 19 heavy (non-hydrogen) atoms. The first kappa shape index (κ1) is 14.1. The third-order valence-corrected chi connectivity index (χ3v) is 4.75. The molecule has 5 heteroatoms. The first-order valence-corrected chi connectivity index (χ1v) is 7.56. The van der Waals surface area contributed by atoms with E-state index in [1.807, 2.05) is 24.4 Å². The number of carboxylic acids is 1. The van der Waals surface area contributed by atoms with Crippen LogP contribution in [0.3, 0.4) is 0 Å². The molecule has 0 bridgehead atoms. The number of nitrogens with one attached hydrogen (secondary N) is 1. The highest BCUT2D eigenvalue weighted by Crippen LogP contribution is 2.32. The molecule has 0 saturated heterocycles. The van der Waals surface area contributed by atoms with E-state index >= 15 is 0 Å². The normalized spacial score (nSPS) is 24.1. The molecule has 1 aromatic rings. The molecule has 1 aromatic heterocycles. The van der Waals surface area contributed by atoms with Crippen LogP contribution in [0, 0.1) is 11.8 Å². The lowest BCUT2D eigenvalue weighted by atomic mass is 10.0. The monoisotopic (exact) mass is 281 g/mol. The lowest BCUT2D eigenvalue weighted by molar-refractivity contribution is -0.141. The number of thiophene rings is 1. The third-order valence-electron chi connectivity index (χ3n) is 3.76. The number of hydrogen-bond acceptors (Lipinski definition) is 3. The summed E-state index contributed by atoms with van der Waals surface area (Å²) in [6.45, 7) is 2.04. The lowest BCUT2D eigenvalue weighted by Crippen LogP contribution is -2.32. The molecule has 2 N–H and O–H groups in total. The molecule has 0 aromatic carbocycles. The van der Waals surface area contributed by atoms with Gasteiger partial charge in [-0.2, -0.15) is 0 Å². The zero-order valence-electron chi connectivity index (χ0n) is 11.0. The summed E-state index contributed by atoms with van der Waals surface area (Å²) in [5, 5.41) is 14.0. The highest BCUT2D eigenvalue weighted by molar-refractivity contribution is 7.10. The van der Waals surface area contributed by atoms with Crippen LogP contribution in [-0.2, 0) is 9.59 Å². The minimum Gasteiger partial charge on any atom is -0.481 e. The van der Waals surface area contributed by atoms with Gasteiger partial charge in [-0.3, -0.25) is 9.59 Å². The molecule has 3 atom stereocenters. The molecule has 1 saturated carbocycles. The van der Waals surface area contributed by atoms with E-state index in [0.717, 1.165) is 11.3 Å². The third kappa shape index (κ3) is 3.35. The lowest BCUT2D eigenvalue weighted by Gasteiger charge is -2.18. The zero-order valence-corrected chi connectivity index (χ0v) is 11.8. The van der Waals surface area contributed by atoms with Gasteiger partial charge in [0.25, 0.3) is 0 Å². The number of hydrogen-bond donors (Lipinski definition) is 2. The van der Waals surface area contributed by atoms with Crippen LogP contribution in [-0.4, -0.2) is 17.0 Å². The SMILES string of the molecule is CCC(NC(=O)C1CCC(C(=O)O)C1)c1cccs1. The largest absolute Gasteiger partial charge is 0.481 e. The van der Waals surface area contributed by atoms with Crippen LogP contribution in [0.4, 0.5) is 0 Å². The van der Waals surface area contributed by atoms with Crippen LogP contribution in [0.25, 0.3) is 0 Å². The summed E-state index contributed by atoms with van der Waals surface area (Å²) in [4.78, 5) is 24.2. The number of rotatable bonds is 5. The Bertz CT molecular complexity index is 444. The summed E-state index contributed by atoms with van der Waals surface area (Å²) in [5.41, 5.74) is 0. The Kier molecular flexibility index (Phi) is 4.58. The Balaban J connectivity index is 1.92. The minimum atomic E-state index is -0.777. The molecule has 104 valence electrons. The van der Waals surface area contributed by atoms with Crippen LogP contribution >= 0.6 is 11.3 Å². The molecule has 1 fully saturated rings. The van der Waals surface area contributed by atoms with Crippen LogP contribution < -0.4 is 5.32 Å². The van der Waals surface area contributed by atoms with Crippen LogP contribution in [0.15, 0.2) is 17.5 Å². The number of carbonyl (C=O) groups is 2. The van der Waals surface area contributed by atoms with E-state index in [9.17, 15) is 9.59 Å². The van der Waals surface area contributed by atoms with Crippen molar-refractivity contribution >= 4 is 23.2 Å². The molecular weight excluding hydrogens is 262 g/mol. The quantitative estimate of drug-likeness (QED) is 0.872. The van der Waals surface area contributed by atoms with Crippen molar-refractivity contribution in [3.63, 3.8) is 0 Å². The fourth-order valence-electron chi connectivity index (χ4n) is 2.60. The predicted octanol–water partition coefficient (Wildman–Crippen LogP) is 2.82. The average Bonchev–Trinajstić information content (AvgIpc) is 3.05. The molecule has 1 amide bonds. The minimum absolute atomic E-state index is 0.00370. The molecule has 0 spiro atoms. The maximum atomic E-state index is 12.2. The fourth-order valence-corrected chi connectivity index (χ4v) is 3.46. The molecule has 1 aliphatic rings. The van der Waals surface area contributed by atoms with Crippen LogP contribution in [0.1, 0.15) is 43.5 Å². The molecule has 1 heterocycles. The van der Waals surface area contributed by atoms with Gasteiger partial charge in [0.05, 0.1) is 12.0 Å². The second kappa shape index (κ2) is 6.19. The van der Waals surface area contributed by atoms with Gasteiger partial charge in [-0.25, -0.2) is 0 Å². The van der Waals surface area contributed by atoms with Gasteiger partial charge in [0.1, 0.15) is 0 Å². The molecular formula is C14H19NO3S. The Morgan fingerprint density at radius 3 is 2.74 bits per heavy atom. The first-order valence-electron chi connectivity index (χ1n) is 6.68. The van der Waals surface area contributed by atoms with Crippen molar-refractivity contribution in [1.82, 2.24) is 5.32 Å². The zero-order chi connectivity index (χ0) is 13.8. The predicted molar refractivity (Wildman–Crippen MR) is 74.0 cm³/mol. The average molecular weight is 281 g/mol. The van der Waals surface area contributed by atoms with Crippen molar-refractivity contribution in [2.24, 2.45) is 11.8 Å². The van der Waals surface area contributed by atoms with Crippen molar-refractivity contribution in [3.8, 4) is 0 Å². The second-order valence-corrected chi connectivity index (χ2v) is 6.01. The Morgan fingerprint density at radius 2 is 2.21 bits per heavy atom. The molecule has 4 nitrogen and oxygen atoms in total. The van der Waals surface area contributed by atoms with E-state index in [1.165, 1.54) is 0 Å². The van der Waals surface area contributed by atoms with Gasteiger partial charge in [0.15, 0.2) is 0 Å². The summed E-state index contributed by atoms with van der Waals surface area (Å²) in [5.74, 6) is -1.27. The number of carbonyl (C=O) groups excluding carboxylic acids is 1. The smallest absolute Gasteiger partial charge is 0.306 e. The Labute approximate surface area is 116 Å². The van der Waals surface area contributed by atoms with E-state index in [2.05, 4.69) is 5.32 Å². The van der Waals surface area contributed by atoms with E-state index in [0.29, 0.717) is 19.3 Å². The van der Waals surface area contributed by atoms with Crippen molar-refractivity contribution in [3.05, 3.63) is 22.4 Å². The second-order valence-electron chi connectivity index (χ2n) is 5.03. The van der Waals surface area contributed by atoms with E-state index in [4.69, 9.17) is 5.11 Å². The fraction of sp³-hybridized carbons (Fsp3) is 0.571. The Hall–Kier alpha value is -1.36. The first-order chi connectivity index (χ1) is 9.11. The summed E-state index contributed by atoms with van der Waals surface area (Å²) in [7, 11) is 0. The molecule has 0 radical (unpaired) electrons. The highest BCUT2D eigenvalue weighted by atomic mass is 32.1. The Morgan fingerprint density at radius 1 is 1.47 bits per heavy atom. The molecule has 0 aliphatic heterocycles. The van der Waals surface area contributed by atoms with Crippen LogP contribution in [0.2, 0.25) is 0 Å². The van der Waals surface area contributed by atoms with E-state index < -0.39 is 5.97 Å². The highest BCUT2D eigenvalue weighted by Gasteiger charge is 2.34. The van der Waals surface area contributed by atoms with E-state index in [1.54, 1.807) is 11.3 Å². The standard InChI is InChI=1S/C14H19NO3S/c1-2-11(12-4-3-7-19-12)15-13(16)9-5-6-10(8-9)14(17)18/h3-4,7,9-11H,2,5-6,8H2,1H3,(H,15,16)(H,17,18). The van der Waals surface area contributed by atoms with Gasteiger partial charge in [-0.1, -0.05) is 13.0 Å². The van der Waals surface area contributed by atoms with Gasteiger partial charge in [0, 0.05) is 10.8 Å². The van der Waals surface area contributed by atoms with Crippen molar-refractivity contribution < 1.29 is 14.7 Å². The number of aliphatic carboxylic acids is 1. The summed E-state index contributed by atoms with van der Waals surface area (Å²) in [6.07, 6.45) is 2.62.